The number of ether oxygens (including phenoxy) is 1. The molecule has 3 aliphatic carbocycles. The van der Waals surface area contributed by atoms with Crippen molar-refractivity contribution in [2.45, 2.75) is 92.2 Å². The van der Waals surface area contributed by atoms with Crippen LogP contribution in [0.15, 0.2) is 0 Å². The molecule has 3 aliphatic rings. The first kappa shape index (κ1) is 21.5. The SMILES string of the molecule is CCC(=O)O[C@@H]1C[C@@](C)(CC)C(=O)[C@H](C)[C@]23CCC(=O)C2C1(C)C(C)C(N)C3. The Morgan fingerprint density at radius 2 is 1.82 bits per heavy atom. The zero-order chi connectivity index (χ0) is 21.1. The first-order valence-corrected chi connectivity index (χ1v) is 11.0. The van der Waals surface area contributed by atoms with E-state index in [1.807, 2.05) is 20.8 Å². The number of hydrogen-bond donors (Lipinski definition) is 1. The van der Waals surface area contributed by atoms with Gasteiger partial charge in [0, 0.05) is 41.5 Å². The van der Waals surface area contributed by atoms with Crippen LogP contribution in [-0.2, 0) is 19.1 Å². The second kappa shape index (κ2) is 6.93. The van der Waals surface area contributed by atoms with Crippen molar-refractivity contribution in [2.75, 3.05) is 0 Å². The van der Waals surface area contributed by atoms with E-state index in [2.05, 4.69) is 13.8 Å². The van der Waals surface area contributed by atoms with Crippen LogP contribution in [0.5, 0.6) is 0 Å². The number of hydrogen-bond acceptors (Lipinski definition) is 5. The van der Waals surface area contributed by atoms with E-state index in [4.69, 9.17) is 10.5 Å². The third-order valence-electron chi connectivity index (χ3n) is 9.12. The van der Waals surface area contributed by atoms with Crippen LogP contribution in [0.25, 0.3) is 0 Å². The van der Waals surface area contributed by atoms with E-state index < -0.39 is 22.3 Å². The van der Waals surface area contributed by atoms with Gasteiger partial charge in [0.05, 0.1) is 0 Å². The summed E-state index contributed by atoms with van der Waals surface area (Å²) in [5.41, 5.74) is 5.11. The molecule has 4 unspecified atom stereocenters. The van der Waals surface area contributed by atoms with Crippen LogP contribution in [-0.4, -0.2) is 29.7 Å². The lowest BCUT2D eigenvalue weighted by atomic mass is 9.43. The molecule has 0 aromatic carbocycles. The van der Waals surface area contributed by atoms with Crippen LogP contribution in [0.4, 0.5) is 0 Å². The number of nitrogens with two attached hydrogens (primary N) is 1. The van der Waals surface area contributed by atoms with Gasteiger partial charge in [-0.3, -0.25) is 14.4 Å². The number of esters is 1. The molecule has 0 spiro atoms. The highest BCUT2D eigenvalue weighted by Gasteiger charge is 2.69. The average Bonchev–Trinajstić information content (AvgIpc) is 3.01. The molecule has 158 valence electrons. The molecule has 0 radical (unpaired) electrons. The molecule has 0 aliphatic heterocycles. The molecule has 28 heavy (non-hydrogen) atoms. The minimum Gasteiger partial charge on any atom is -0.462 e. The lowest BCUT2D eigenvalue weighted by molar-refractivity contribution is -0.197. The smallest absolute Gasteiger partial charge is 0.305 e. The number of carbonyl (C=O) groups excluding carboxylic acids is 3. The van der Waals surface area contributed by atoms with Gasteiger partial charge in [-0.25, -0.2) is 0 Å². The molecule has 5 nitrogen and oxygen atoms in total. The van der Waals surface area contributed by atoms with Crippen molar-refractivity contribution in [1.29, 1.82) is 0 Å². The first-order valence-electron chi connectivity index (χ1n) is 11.0. The highest BCUT2D eigenvalue weighted by atomic mass is 16.5. The summed E-state index contributed by atoms with van der Waals surface area (Å²) in [6.45, 7) is 12.0. The second-order valence-corrected chi connectivity index (χ2v) is 10.2. The molecule has 0 heterocycles. The van der Waals surface area contributed by atoms with Crippen LogP contribution < -0.4 is 5.73 Å². The first-order chi connectivity index (χ1) is 13.0. The van der Waals surface area contributed by atoms with Gasteiger partial charge in [-0.15, -0.1) is 0 Å². The van der Waals surface area contributed by atoms with Crippen molar-refractivity contribution in [1.82, 2.24) is 0 Å². The van der Waals surface area contributed by atoms with Gasteiger partial charge in [0.25, 0.3) is 0 Å². The van der Waals surface area contributed by atoms with E-state index in [1.54, 1.807) is 6.92 Å². The summed E-state index contributed by atoms with van der Waals surface area (Å²) >= 11 is 0. The van der Waals surface area contributed by atoms with Gasteiger partial charge in [-0.1, -0.05) is 41.5 Å². The highest BCUT2D eigenvalue weighted by molar-refractivity contribution is 5.92. The fourth-order valence-electron chi connectivity index (χ4n) is 6.86. The maximum absolute atomic E-state index is 13.7. The Bertz CT molecular complexity index is 690. The molecule has 0 amide bonds. The number of carbonyl (C=O) groups is 3. The molecule has 3 fully saturated rings. The van der Waals surface area contributed by atoms with Crippen molar-refractivity contribution in [3.05, 3.63) is 0 Å². The van der Waals surface area contributed by atoms with E-state index in [0.29, 0.717) is 32.1 Å². The molecule has 5 heteroatoms. The maximum Gasteiger partial charge on any atom is 0.305 e. The Labute approximate surface area is 169 Å². The number of ketones is 2. The Morgan fingerprint density at radius 1 is 1.18 bits per heavy atom. The quantitative estimate of drug-likeness (QED) is 0.742. The van der Waals surface area contributed by atoms with Crippen LogP contribution in [0.2, 0.25) is 0 Å². The molecule has 2 bridgehead atoms. The monoisotopic (exact) mass is 391 g/mol. The molecule has 3 saturated carbocycles. The fourth-order valence-corrected chi connectivity index (χ4v) is 6.86. The third kappa shape index (κ3) is 2.72. The Kier molecular flexibility index (Phi) is 5.31. The molecule has 2 N–H and O–H groups in total. The van der Waals surface area contributed by atoms with Gasteiger partial charge in [-0.05, 0) is 37.0 Å². The number of Topliss-reactive ketones (excluding diaryl/α,β-unsaturated/α-hetero) is 2. The summed E-state index contributed by atoms with van der Waals surface area (Å²) in [6.07, 6.45) is 2.87. The maximum atomic E-state index is 13.7. The molecule has 3 rings (SSSR count). The van der Waals surface area contributed by atoms with E-state index >= 15 is 0 Å². The lowest BCUT2D eigenvalue weighted by Gasteiger charge is -2.61. The minimum atomic E-state index is -0.565. The molecular formula is C23H37NO4. The normalized spacial score (nSPS) is 48.6. The lowest BCUT2D eigenvalue weighted by Crippen LogP contribution is -2.66. The van der Waals surface area contributed by atoms with Crippen molar-refractivity contribution >= 4 is 17.5 Å². The highest BCUT2D eigenvalue weighted by Crippen LogP contribution is 2.67. The van der Waals surface area contributed by atoms with Crippen molar-refractivity contribution in [3.8, 4) is 0 Å². The van der Waals surface area contributed by atoms with Gasteiger partial charge >= 0.3 is 5.97 Å². The fraction of sp³-hybridized carbons (Fsp3) is 0.870. The van der Waals surface area contributed by atoms with Gasteiger partial charge in [0.15, 0.2) is 0 Å². The summed E-state index contributed by atoms with van der Waals surface area (Å²) in [5, 5.41) is 0. The largest absolute Gasteiger partial charge is 0.462 e. The zero-order valence-electron chi connectivity index (χ0n) is 18.3. The van der Waals surface area contributed by atoms with E-state index in [1.165, 1.54) is 0 Å². The van der Waals surface area contributed by atoms with Crippen LogP contribution in [0.1, 0.15) is 80.1 Å². The van der Waals surface area contributed by atoms with Crippen molar-refractivity contribution in [3.63, 3.8) is 0 Å². The topological polar surface area (TPSA) is 86.5 Å². The van der Waals surface area contributed by atoms with Gasteiger partial charge in [-0.2, -0.15) is 0 Å². The molecule has 0 aromatic rings. The minimum absolute atomic E-state index is 0.0313. The number of rotatable bonds is 3. The van der Waals surface area contributed by atoms with E-state index in [9.17, 15) is 14.4 Å². The second-order valence-electron chi connectivity index (χ2n) is 10.2. The summed E-state index contributed by atoms with van der Waals surface area (Å²) in [6, 6.07) is -0.115. The molecular weight excluding hydrogens is 354 g/mol. The van der Waals surface area contributed by atoms with Gasteiger partial charge in [0.2, 0.25) is 0 Å². The Hall–Kier alpha value is -1.23. The van der Waals surface area contributed by atoms with Crippen LogP contribution in [0.3, 0.4) is 0 Å². The van der Waals surface area contributed by atoms with Gasteiger partial charge < -0.3 is 10.5 Å². The Morgan fingerprint density at radius 3 is 2.39 bits per heavy atom. The molecule has 0 saturated heterocycles. The van der Waals surface area contributed by atoms with Crippen LogP contribution >= 0.6 is 0 Å². The predicted octanol–water partition coefficient (Wildman–Crippen LogP) is 3.67. The molecule has 8 atom stereocenters. The van der Waals surface area contributed by atoms with E-state index in [-0.39, 0.29) is 47.8 Å². The third-order valence-corrected chi connectivity index (χ3v) is 9.12. The summed E-state index contributed by atoms with van der Waals surface area (Å²) in [4.78, 5) is 39.3. The summed E-state index contributed by atoms with van der Waals surface area (Å²) in [5.74, 6) is -0.300. The zero-order valence-corrected chi connectivity index (χ0v) is 18.3. The van der Waals surface area contributed by atoms with Crippen molar-refractivity contribution < 1.29 is 19.1 Å². The predicted molar refractivity (Wildman–Crippen MR) is 107 cm³/mol. The van der Waals surface area contributed by atoms with E-state index in [0.717, 1.165) is 0 Å². The van der Waals surface area contributed by atoms with Crippen LogP contribution in [0, 0.1) is 34.0 Å². The molecule has 0 aromatic heterocycles. The summed E-state index contributed by atoms with van der Waals surface area (Å²) in [7, 11) is 0. The van der Waals surface area contributed by atoms with Gasteiger partial charge in [0.1, 0.15) is 17.7 Å². The van der Waals surface area contributed by atoms with Crippen molar-refractivity contribution in [2.24, 2.45) is 39.7 Å². The average molecular weight is 392 g/mol. The standard InChI is InChI=1S/C23H37NO4/c1-7-18(26)28-17-12-21(5,8-2)20(27)14(4)23-10-9-16(25)19(23)22(17,6)13(3)15(24)11-23/h13-15,17,19H,7-12,24H2,1-6H3/t13?,14-,15?,17+,19?,21+,22?,23+/m0/s1. The summed E-state index contributed by atoms with van der Waals surface area (Å²) < 4.78 is 6.02. The Balaban J connectivity index is 2.25.